The molecule has 3 rings (SSSR count). The number of ether oxygens (including phenoxy) is 2. The van der Waals surface area contributed by atoms with Crippen LogP contribution in [-0.2, 0) is 13.2 Å². The van der Waals surface area contributed by atoms with Crippen LogP contribution in [0, 0.1) is 0 Å². The third-order valence-electron chi connectivity index (χ3n) is 4.04. The van der Waals surface area contributed by atoms with Gasteiger partial charge < -0.3 is 14.8 Å². The maximum atomic E-state index is 6.46. The minimum absolute atomic E-state index is 0.320. The molecular formula is C21H17BrCl3NO2. The lowest BCUT2D eigenvalue weighted by Gasteiger charge is -2.15. The van der Waals surface area contributed by atoms with Crippen LogP contribution in [0.25, 0.3) is 0 Å². The SMILES string of the molecule is COc1cc(CNc2ccc(Br)cc2)c(Cl)cc1OCc1ccc(Cl)c(Cl)c1. The summed E-state index contributed by atoms with van der Waals surface area (Å²) in [6.45, 7) is 0.879. The molecule has 0 bridgehead atoms. The first-order chi connectivity index (χ1) is 13.5. The Morgan fingerprint density at radius 3 is 2.29 bits per heavy atom. The van der Waals surface area contributed by atoms with Gasteiger partial charge in [-0.2, -0.15) is 0 Å². The molecule has 0 spiro atoms. The van der Waals surface area contributed by atoms with Crippen molar-refractivity contribution in [3.05, 3.63) is 85.3 Å². The van der Waals surface area contributed by atoms with E-state index in [0.717, 1.165) is 21.3 Å². The van der Waals surface area contributed by atoms with Crippen LogP contribution in [-0.4, -0.2) is 7.11 Å². The van der Waals surface area contributed by atoms with Gasteiger partial charge in [0.05, 0.1) is 17.2 Å². The third kappa shape index (κ3) is 5.48. The fourth-order valence-corrected chi connectivity index (χ4v) is 3.35. The Labute approximate surface area is 187 Å². The molecule has 0 atom stereocenters. The topological polar surface area (TPSA) is 30.5 Å². The molecule has 0 aliphatic carbocycles. The highest BCUT2D eigenvalue weighted by atomic mass is 79.9. The molecule has 0 aliphatic heterocycles. The van der Waals surface area contributed by atoms with Crippen molar-refractivity contribution in [2.45, 2.75) is 13.2 Å². The van der Waals surface area contributed by atoms with Crippen molar-refractivity contribution < 1.29 is 9.47 Å². The van der Waals surface area contributed by atoms with E-state index in [1.807, 2.05) is 36.4 Å². The molecule has 0 heterocycles. The molecule has 0 radical (unpaired) electrons. The van der Waals surface area contributed by atoms with Crippen molar-refractivity contribution in [2.75, 3.05) is 12.4 Å². The van der Waals surface area contributed by atoms with Gasteiger partial charge in [-0.25, -0.2) is 0 Å². The number of anilines is 1. The van der Waals surface area contributed by atoms with Crippen LogP contribution in [0.5, 0.6) is 11.5 Å². The summed E-state index contributed by atoms with van der Waals surface area (Å²) < 4.78 is 12.4. The first kappa shape index (κ1) is 21.1. The van der Waals surface area contributed by atoms with Gasteiger partial charge in [0.1, 0.15) is 6.61 Å². The monoisotopic (exact) mass is 499 g/mol. The molecule has 7 heteroatoms. The summed E-state index contributed by atoms with van der Waals surface area (Å²) >= 11 is 21.9. The van der Waals surface area contributed by atoms with E-state index in [2.05, 4.69) is 21.2 Å². The van der Waals surface area contributed by atoms with Gasteiger partial charge in [-0.1, -0.05) is 56.8 Å². The van der Waals surface area contributed by atoms with Crippen molar-refractivity contribution in [3.8, 4) is 11.5 Å². The Balaban J connectivity index is 1.71. The van der Waals surface area contributed by atoms with Gasteiger partial charge in [-0.05, 0) is 53.6 Å². The predicted molar refractivity (Wildman–Crippen MR) is 120 cm³/mol. The number of hydrogen-bond acceptors (Lipinski definition) is 3. The highest BCUT2D eigenvalue weighted by Gasteiger charge is 2.11. The molecule has 146 valence electrons. The van der Waals surface area contributed by atoms with Gasteiger partial charge in [0.15, 0.2) is 11.5 Å². The van der Waals surface area contributed by atoms with Crippen LogP contribution >= 0.6 is 50.7 Å². The predicted octanol–water partition coefficient (Wildman–Crippen LogP) is 7.61. The summed E-state index contributed by atoms with van der Waals surface area (Å²) in [4.78, 5) is 0. The smallest absolute Gasteiger partial charge is 0.163 e. The van der Waals surface area contributed by atoms with Crippen LogP contribution in [0.15, 0.2) is 59.1 Å². The number of methoxy groups -OCH3 is 1. The molecule has 0 fully saturated rings. The van der Waals surface area contributed by atoms with E-state index in [0.29, 0.717) is 39.7 Å². The third-order valence-corrected chi connectivity index (χ3v) is 5.66. The highest BCUT2D eigenvalue weighted by molar-refractivity contribution is 9.10. The van der Waals surface area contributed by atoms with E-state index in [4.69, 9.17) is 44.3 Å². The molecule has 0 aliphatic rings. The van der Waals surface area contributed by atoms with Crippen LogP contribution in [0.1, 0.15) is 11.1 Å². The molecule has 0 aromatic heterocycles. The minimum Gasteiger partial charge on any atom is -0.493 e. The van der Waals surface area contributed by atoms with E-state index >= 15 is 0 Å². The first-order valence-electron chi connectivity index (χ1n) is 8.39. The lowest BCUT2D eigenvalue weighted by molar-refractivity contribution is 0.284. The normalized spacial score (nSPS) is 10.6. The number of benzene rings is 3. The Morgan fingerprint density at radius 2 is 1.61 bits per heavy atom. The standard InChI is InChI=1S/C21H17BrCl3NO2/c1-27-20-9-14(11-26-16-5-3-15(22)4-6-16)18(24)10-21(20)28-12-13-2-7-17(23)19(25)8-13/h2-10,26H,11-12H2,1H3. The number of hydrogen-bond donors (Lipinski definition) is 1. The van der Waals surface area contributed by atoms with Crippen molar-refractivity contribution in [1.29, 1.82) is 0 Å². The summed E-state index contributed by atoms with van der Waals surface area (Å²) in [5.74, 6) is 1.17. The number of rotatable bonds is 7. The molecular weight excluding hydrogens is 484 g/mol. The van der Waals surface area contributed by atoms with Crippen LogP contribution in [0.3, 0.4) is 0 Å². The van der Waals surface area contributed by atoms with Crippen LogP contribution in [0.4, 0.5) is 5.69 Å². The molecule has 0 unspecified atom stereocenters. The molecule has 3 aromatic rings. The van der Waals surface area contributed by atoms with Crippen LogP contribution < -0.4 is 14.8 Å². The second kappa shape index (κ2) is 9.75. The van der Waals surface area contributed by atoms with E-state index in [1.165, 1.54) is 0 Å². The molecule has 1 N–H and O–H groups in total. The zero-order valence-electron chi connectivity index (χ0n) is 14.9. The summed E-state index contributed by atoms with van der Waals surface area (Å²) in [5.41, 5.74) is 2.80. The quantitative estimate of drug-likeness (QED) is 0.361. The molecule has 0 amide bonds. The Bertz CT molecular complexity index is 965. The van der Waals surface area contributed by atoms with Gasteiger partial charge in [0.2, 0.25) is 0 Å². The maximum Gasteiger partial charge on any atom is 0.163 e. The Kier molecular flexibility index (Phi) is 7.36. The fraction of sp³-hybridized carbons (Fsp3) is 0.143. The van der Waals surface area contributed by atoms with Gasteiger partial charge in [-0.3, -0.25) is 0 Å². The Morgan fingerprint density at radius 1 is 0.857 bits per heavy atom. The Hall–Kier alpha value is -1.59. The fourth-order valence-electron chi connectivity index (χ4n) is 2.54. The summed E-state index contributed by atoms with van der Waals surface area (Å²) in [6, 6.07) is 16.9. The molecule has 28 heavy (non-hydrogen) atoms. The van der Waals surface area contributed by atoms with Crippen LogP contribution in [0.2, 0.25) is 15.1 Å². The summed E-state index contributed by atoms with van der Waals surface area (Å²) in [7, 11) is 1.60. The van der Waals surface area contributed by atoms with E-state index < -0.39 is 0 Å². The second-order valence-electron chi connectivity index (χ2n) is 5.99. The van der Waals surface area contributed by atoms with E-state index in [-0.39, 0.29) is 0 Å². The molecule has 0 saturated heterocycles. The van der Waals surface area contributed by atoms with Crippen molar-refractivity contribution >= 4 is 56.4 Å². The first-order valence-corrected chi connectivity index (χ1v) is 10.3. The largest absolute Gasteiger partial charge is 0.493 e. The lowest BCUT2D eigenvalue weighted by Crippen LogP contribution is -2.03. The van der Waals surface area contributed by atoms with Gasteiger partial charge in [0, 0.05) is 27.8 Å². The zero-order chi connectivity index (χ0) is 20.1. The highest BCUT2D eigenvalue weighted by Crippen LogP contribution is 2.34. The van der Waals surface area contributed by atoms with Crippen molar-refractivity contribution in [2.24, 2.45) is 0 Å². The zero-order valence-corrected chi connectivity index (χ0v) is 18.8. The van der Waals surface area contributed by atoms with Gasteiger partial charge >= 0.3 is 0 Å². The second-order valence-corrected chi connectivity index (χ2v) is 8.13. The number of nitrogens with one attached hydrogen (secondary N) is 1. The maximum absolute atomic E-state index is 6.46. The molecule has 3 aromatic carbocycles. The number of halogens is 4. The van der Waals surface area contributed by atoms with E-state index in [1.54, 1.807) is 25.3 Å². The van der Waals surface area contributed by atoms with Crippen molar-refractivity contribution in [1.82, 2.24) is 0 Å². The average Bonchev–Trinajstić information content (AvgIpc) is 2.69. The van der Waals surface area contributed by atoms with E-state index in [9.17, 15) is 0 Å². The average molecular weight is 502 g/mol. The molecule has 3 nitrogen and oxygen atoms in total. The minimum atomic E-state index is 0.320. The van der Waals surface area contributed by atoms with Crippen molar-refractivity contribution in [3.63, 3.8) is 0 Å². The lowest BCUT2D eigenvalue weighted by atomic mass is 10.2. The van der Waals surface area contributed by atoms with Gasteiger partial charge in [0.25, 0.3) is 0 Å². The van der Waals surface area contributed by atoms with Gasteiger partial charge in [-0.15, -0.1) is 0 Å². The summed E-state index contributed by atoms with van der Waals surface area (Å²) in [5, 5.41) is 4.93. The summed E-state index contributed by atoms with van der Waals surface area (Å²) in [6.07, 6.45) is 0. The molecule has 0 saturated carbocycles.